The first-order valence-electron chi connectivity index (χ1n) is 5.87. The van der Waals surface area contributed by atoms with Gasteiger partial charge in [-0.1, -0.05) is 22.0 Å². The van der Waals surface area contributed by atoms with Gasteiger partial charge in [0, 0.05) is 30.2 Å². The van der Waals surface area contributed by atoms with Gasteiger partial charge in [-0.15, -0.1) is 0 Å². The first-order chi connectivity index (χ1) is 8.51. The molecule has 0 heterocycles. The lowest BCUT2D eigenvalue weighted by Gasteiger charge is -2.33. The maximum atomic E-state index is 13.1. The third-order valence-electron chi connectivity index (χ3n) is 3.14. The van der Waals surface area contributed by atoms with Gasteiger partial charge in [-0.05, 0) is 31.7 Å². The average molecular weight is 319 g/mol. The van der Waals surface area contributed by atoms with Crippen LogP contribution in [0.4, 0.5) is 4.39 Å². The third-order valence-corrected chi connectivity index (χ3v) is 3.83. The second-order valence-electron chi connectivity index (χ2n) is 4.39. The number of benzene rings is 1. The highest BCUT2D eigenvalue weighted by molar-refractivity contribution is 9.10. The molecule has 0 amide bonds. The van der Waals surface area contributed by atoms with Gasteiger partial charge >= 0.3 is 0 Å². The summed E-state index contributed by atoms with van der Waals surface area (Å²) in [6.45, 7) is 3.17. The van der Waals surface area contributed by atoms with Gasteiger partial charge in [-0.3, -0.25) is 4.90 Å². The number of rotatable bonds is 6. The fraction of sp³-hybridized carbons (Fsp3) is 0.538. The Hall–Kier alpha value is -0.490. The SMILES string of the molecule is COCC(C)N(C)C(CN)c1ccc(F)cc1Br. The minimum absolute atomic E-state index is 0.0325. The largest absolute Gasteiger partial charge is 0.383 e. The zero-order valence-corrected chi connectivity index (χ0v) is 12.6. The Morgan fingerprint density at radius 2 is 2.17 bits per heavy atom. The van der Waals surface area contributed by atoms with Crippen molar-refractivity contribution in [2.24, 2.45) is 5.73 Å². The van der Waals surface area contributed by atoms with E-state index in [1.165, 1.54) is 12.1 Å². The standard InChI is InChI=1S/C13H20BrFN2O/c1-9(8-18-3)17(2)13(7-16)11-5-4-10(15)6-12(11)14/h4-6,9,13H,7-8,16H2,1-3H3. The summed E-state index contributed by atoms with van der Waals surface area (Å²) in [4.78, 5) is 2.14. The molecule has 0 fully saturated rings. The van der Waals surface area contributed by atoms with Crippen LogP contribution < -0.4 is 5.73 Å². The lowest BCUT2D eigenvalue weighted by atomic mass is 10.0. The van der Waals surface area contributed by atoms with Crippen molar-refractivity contribution in [3.63, 3.8) is 0 Å². The van der Waals surface area contributed by atoms with Crippen LogP contribution in [0.1, 0.15) is 18.5 Å². The zero-order valence-electron chi connectivity index (χ0n) is 11.0. The van der Waals surface area contributed by atoms with E-state index in [4.69, 9.17) is 10.5 Å². The van der Waals surface area contributed by atoms with Gasteiger partial charge in [0.05, 0.1) is 6.61 Å². The van der Waals surface area contributed by atoms with Gasteiger partial charge in [-0.25, -0.2) is 4.39 Å². The maximum absolute atomic E-state index is 13.1. The fourth-order valence-electron chi connectivity index (χ4n) is 1.95. The van der Waals surface area contributed by atoms with E-state index >= 15 is 0 Å². The van der Waals surface area contributed by atoms with E-state index in [1.54, 1.807) is 13.2 Å². The molecule has 0 saturated heterocycles. The van der Waals surface area contributed by atoms with E-state index in [0.29, 0.717) is 13.2 Å². The monoisotopic (exact) mass is 318 g/mol. The number of nitrogens with zero attached hydrogens (tertiary/aromatic N) is 1. The molecule has 1 rings (SSSR count). The number of methoxy groups -OCH3 is 1. The smallest absolute Gasteiger partial charge is 0.124 e. The minimum atomic E-state index is -0.256. The molecular weight excluding hydrogens is 299 g/mol. The molecule has 3 nitrogen and oxygen atoms in total. The topological polar surface area (TPSA) is 38.5 Å². The van der Waals surface area contributed by atoms with Crippen molar-refractivity contribution in [2.75, 3.05) is 27.3 Å². The van der Waals surface area contributed by atoms with E-state index < -0.39 is 0 Å². The van der Waals surface area contributed by atoms with E-state index in [1.807, 2.05) is 7.05 Å². The molecule has 1 aromatic rings. The molecule has 0 saturated carbocycles. The van der Waals surface area contributed by atoms with Crippen molar-refractivity contribution in [1.82, 2.24) is 4.90 Å². The summed E-state index contributed by atoms with van der Waals surface area (Å²) in [5.74, 6) is -0.256. The van der Waals surface area contributed by atoms with E-state index in [2.05, 4.69) is 27.8 Å². The normalized spacial score (nSPS) is 14.8. The zero-order chi connectivity index (χ0) is 13.7. The molecule has 102 valence electrons. The molecule has 0 aliphatic heterocycles. The first kappa shape index (κ1) is 15.6. The summed E-state index contributed by atoms with van der Waals surface area (Å²) < 4.78 is 19.0. The van der Waals surface area contributed by atoms with Crippen LogP contribution in [-0.4, -0.2) is 38.3 Å². The number of likely N-dealkylation sites (N-methyl/N-ethyl adjacent to an activating group) is 1. The Balaban J connectivity index is 2.94. The molecule has 0 radical (unpaired) electrons. The van der Waals surface area contributed by atoms with Gasteiger partial charge in [0.25, 0.3) is 0 Å². The molecular formula is C13H20BrFN2O. The molecule has 0 aliphatic carbocycles. The van der Waals surface area contributed by atoms with Crippen LogP contribution in [0.15, 0.2) is 22.7 Å². The van der Waals surface area contributed by atoms with Gasteiger partial charge < -0.3 is 10.5 Å². The highest BCUT2D eigenvalue weighted by Gasteiger charge is 2.22. The Bertz CT molecular complexity index is 389. The van der Waals surface area contributed by atoms with Crippen LogP contribution in [0.5, 0.6) is 0 Å². The quantitative estimate of drug-likeness (QED) is 0.876. The van der Waals surface area contributed by atoms with Crippen molar-refractivity contribution in [3.05, 3.63) is 34.1 Å². The molecule has 0 bridgehead atoms. The molecule has 2 unspecified atom stereocenters. The first-order valence-corrected chi connectivity index (χ1v) is 6.66. The van der Waals surface area contributed by atoms with Crippen molar-refractivity contribution < 1.29 is 9.13 Å². The minimum Gasteiger partial charge on any atom is -0.383 e. The number of hydrogen-bond donors (Lipinski definition) is 1. The van der Waals surface area contributed by atoms with Crippen molar-refractivity contribution in [2.45, 2.75) is 19.0 Å². The summed E-state index contributed by atoms with van der Waals surface area (Å²) >= 11 is 3.39. The van der Waals surface area contributed by atoms with E-state index in [0.717, 1.165) is 10.0 Å². The van der Waals surface area contributed by atoms with Crippen LogP contribution in [-0.2, 0) is 4.74 Å². The third kappa shape index (κ3) is 3.75. The van der Waals surface area contributed by atoms with Crippen LogP contribution in [0.25, 0.3) is 0 Å². The Morgan fingerprint density at radius 3 is 2.67 bits per heavy atom. The fourth-order valence-corrected chi connectivity index (χ4v) is 2.57. The van der Waals surface area contributed by atoms with E-state index in [-0.39, 0.29) is 17.9 Å². The summed E-state index contributed by atoms with van der Waals surface area (Å²) in [5, 5.41) is 0. The Kier molecular flexibility index (Phi) is 6.21. The van der Waals surface area contributed by atoms with Gasteiger partial charge in [0.1, 0.15) is 5.82 Å². The van der Waals surface area contributed by atoms with E-state index in [9.17, 15) is 4.39 Å². The summed E-state index contributed by atoms with van der Waals surface area (Å²) in [5.41, 5.74) is 6.84. The predicted molar refractivity (Wildman–Crippen MR) is 75.0 cm³/mol. The second-order valence-corrected chi connectivity index (χ2v) is 5.24. The molecule has 0 spiro atoms. The van der Waals surface area contributed by atoms with Gasteiger partial charge in [0.2, 0.25) is 0 Å². The highest BCUT2D eigenvalue weighted by atomic mass is 79.9. The van der Waals surface area contributed by atoms with Crippen LogP contribution in [0.3, 0.4) is 0 Å². The number of halogens is 2. The van der Waals surface area contributed by atoms with Crippen LogP contribution in [0, 0.1) is 5.82 Å². The second kappa shape index (κ2) is 7.19. The Morgan fingerprint density at radius 1 is 1.50 bits per heavy atom. The Labute approximate surface area is 116 Å². The highest BCUT2D eigenvalue weighted by Crippen LogP contribution is 2.28. The van der Waals surface area contributed by atoms with Gasteiger partial charge in [0.15, 0.2) is 0 Å². The van der Waals surface area contributed by atoms with Crippen molar-refractivity contribution in [1.29, 1.82) is 0 Å². The average Bonchev–Trinajstić information content (AvgIpc) is 2.32. The molecule has 0 aromatic heterocycles. The molecule has 5 heteroatoms. The number of ether oxygens (including phenoxy) is 1. The molecule has 1 aromatic carbocycles. The molecule has 0 aliphatic rings. The van der Waals surface area contributed by atoms with Crippen LogP contribution in [0.2, 0.25) is 0 Å². The summed E-state index contributed by atoms with van der Waals surface area (Å²) in [6, 6.07) is 4.96. The molecule has 2 N–H and O–H groups in total. The number of nitrogens with two attached hydrogens (primary N) is 1. The van der Waals surface area contributed by atoms with Crippen molar-refractivity contribution >= 4 is 15.9 Å². The predicted octanol–water partition coefficient (Wildman–Crippen LogP) is 2.55. The lowest BCUT2D eigenvalue weighted by Crippen LogP contribution is -2.39. The number of hydrogen-bond acceptors (Lipinski definition) is 3. The van der Waals surface area contributed by atoms with Crippen LogP contribution >= 0.6 is 15.9 Å². The lowest BCUT2D eigenvalue weighted by molar-refractivity contribution is 0.0908. The molecule has 18 heavy (non-hydrogen) atoms. The van der Waals surface area contributed by atoms with Gasteiger partial charge in [-0.2, -0.15) is 0 Å². The molecule has 2 atom stereocenters. The summed E-state index contributed by atoms with van der Waals surface area (Å²) in [7, 11) is 3.67. The maximum Gasteiger partial charge on any atom is 0.124 e. The van der Waals surface area contributed by atoms with Crippen molar-refractivity contribution in [3.8, 4) is 0 Å². The summed E-state index contributed by atoms with van der Waals surface area (Å²) in [6.07, 6.45) is 0.